The van der Waals surface area contributed by atoms with E-state index in [4.69, 9.17) is 11.6 Å². The molecule has 7 nitrogen and oxygen atoms in total. The molecule has 0 saturated carbocycles. The lowest BCUT2D eigenvalue weighted by Crippen LogP contribution is -2.54. The van der Waals surface area contributed by atoms with Crippen molar-refractivity contribution < 1.29 is 19.5 Å². The van der Waals surface area contributed by atoms with E-state index in [0.29, 0.717) is 36.5 Å². The molecule has 2 unspecified atom stereocenters. The Morgan fingerprint density at radius 1 is 1.13 bits per heavy atom. The van der Waals surface area contributed by atoms with E-state index < -0.39 is 12.3 Å². The maximum atomic E-state index is 12.7. The molecular formula is C22H22ClN3O4. The summed E-state index contributed by atoms with van der Waals surface area (Å²) in [7, 11) is 0. The van der Waals surface area contributed by atoms with Crippen LogP contribution in [0.25, 0.3) is 0 Å². The minimum Gasteiger partial charge on any atom is -0.374 e. The Kier molecular flexibility index (Phi) is 5.74. The van der Waals surface area contributed by atoms with E-state index in [0.717, 1.165) is 16.7 Å². The van der Waals surface area contributed by atoms with Crippen LogP contribution >= 0.6 is 11.6 Å². The van der Waals surface area contributed by atoms with Gasteiger partial charge in [0.15, 0.2) is 0 Å². The Morgan fingerprint density at radius 3 is 2.60 bits per heavy atom. The number of piperidine rings is 1. The highest BCUT2D eigenvalue weighted by molar-refractivity contribution is 6.30. The number of hydrogen-bond acceptors (Lipinski definition) is 4. The number of nitrogens with one attached hydrogen (secondary N) is 2. The summed E-state index contributed by atoms with van der Waals surface area (Å²) in [6, 6.07) is 12.0. The van der Waals surface area contributed by atoms with Crippen molar-refractivity contribution in [2.24, 2.45) is 0 Å². The smallest absolute Gasteiger partial charge is 0.255 e. The van der Waals surface area contributed by atoms with Gasteiger partial charge in [0.1, 0.15) is 12.3 Å². The van der Waals surface area contributed by atoms with Crippen molar-refractivity contribution in [3.05, 3.63) is 69.7 Å². The van der Waals surface area contributed by atoms with Crippen LogP contribution in [-0.4, -0.2) is 40.0 Å². The molecule has 3 N–H and O–H groups in total. The van der Waals surface area contributed by atoms with Gasteiger partial charge in [0.2, 0.25) is 11.8 Å². The standard InChI is InChI=1S/C22H22ClN3O4/c23-16-4-1-13(2-5-16)10-20(28)24-11-14-3-6-17-15(9-14)12-26(22(17)30)18-7-8-19(27)25-21(18)29/h1-6,9,18-19,27H,7-8,10-12H2,(H,24,28)(H,25,29). The number of hydrogen-bond donors (Lipinski definition) is 3. The predicted molar refractivity (Wildman–Crippen MR) is 110 cm³/mol. The lowest BCUT2D eigenvalue weighted by molar-refractivity contribution is -0.132. The predicted octanol–water partition coefficient (Wildman–Crippen LogP) is 1.75. The maximum absolute atomic E-state index is 12.7. The number of rotatable bonds is 5. The third-order valence-corrected chi connectivity index (χ3v) is 5.72. The van der Waals surface area contributed by atoms with Gasteiger partial charge in [0.25, 0.3) is 5.91 Å². The zero-order valence-electron chi connectivity index (χ0n) is 16.2. The molecule has 1 fully saturated rings. The third kappa shape index (κ3) is 4.32. The molecule has 2 aromatic rings. The van der Waals surface area contributed by atoms with Gasteiger partial charge in [-0.05, 0) is 47.7 Å². The molecule has 4 rings (SSSR count). The second kappa shape index (κ2) is 8.45. The van der Waals surface area contributed by atoms with Crippen molar-refractivity contribution >= 4 is 29.3 Å². The molecule has 8 heteroatoms. The van der Waals surface area contributed by atoms with E-state index in [1.807, 2.05) is 24.3 Å². The number of fused-ring (bicyclic) bond motifs is 1. The molecule has 1 saturated heterocycles. The van der Waals surface area contributed by atoms with Crippen LogP contribution in [0.4, 0.5) is 0 Å². The Balaban J connectivity index is 1.37. The fourth-order valence-electron chi connectivity index (χ4n) is 3.89. The average Bonchev–Trinajstić information content (AvgIpc) is 3.04. The van der Waals surface area contributed by atoms with E-state index in [2.05, 4.69) is 10.6 Å². The van der Waals surface area contributed by atoms with Crippen LogP contribution in [0.5, 0.6) is 0 Å². The van der Waals surface area contributed by atoms with Crippen molar-refractivity contribution in [3.8, 4) is 0 Å². The molecule has 30 heavy (non-hydrogen) atoms. The van der Waals surface area contributed by atoms with Gasteiger partial charge >= 0.3 is 0 Å². The van der Waals surface area contributed by atoms with Crippen LogP contribution in [0.2, 0.25) is 5.02 Å². The Morgan fingerprint density at radius 2 is 1.87 bits per heavy atom. The van der Waals surface area contributed by atoms with Gasteiger partial charge in [-0.3, -0.25) is 14.4 Å². The number of benzene rings is 2. The number of carbonyl (C=O) groups excluding carboxylic acids is 3. The number of carbonyl (C=O) groups is 3. The van der Waals surface area contributed by atoms with Crippen LogP contribution in [0.1, 0.15) is 39.9 Å². The third-order valence-electron chi connectivity index (χ3n) is 5.47. The average molecular weight is 428 g/mol. The first-order valence-corrected chi connectivity index (χ1v) is 10.2. The number of aliphatic hydroxyl groups is 1. The first-order valence-electron chi connectivity index (χ1n) is 9.83. The second-order valence-corrected chi connectivity index (χ2v) is 8.06. The van der Waals surface area contributed by atoms with E-state index >= 15 is 0 Å². The highest BCUT2D eigenvalue weighted by Crippen LogP contribution is 2.28. The van der Waals surface area contributed by atoms with E-state index in [1.165, 1.54) is 0 Å². The van der Waals surface area contributed by atoms with Crippen LogP contribution in [0, 0.1) is 0 Å². The quantitative estimate of drug-likeness (QED) is 0.677. The zero-order chi connectivity index (χ0) is 21.3. The summed E-state index contributed by atoms with van der Waals surface area (Å²) in [6.07, 6.45) is 0.260. The summed E-state index contributed by atoms with van der Waals surface area (Å²) < 4.78 is 0. The molecule has 156 valence electrons. The topological polar surface area (TPSA) is 98.7 Å². The lowest BCUT2D eigenvalue weighted by atomic mass is 10.0. The Hall–Kier alpha value is -2.90. The first kappa shape index (κ1) is 20.4. The molecule has 0 aromatic heterocycles. The van der Waals surface area contributed by atoms with Crippen LogP contribution in [0.15, 0.2) is 42.5 Å². The molecule has 0 aliphatic carbocycles. The molecule has 2 aromatic carbocycles. The summed E-state index contributed by atoms with van der Waals surface area (Å²) in [6.45, 7) is 0.693. The highest BCUT2D eigenvalue weighted by Gasteiger charge is 2.38. The van der Waals surface area contributed by atoms with Crippen LogP contribution < -0.4 is 10.6 Å². The molecule has 2 aliphatic rings. The fraction of sp³-hybridized carbons (Fsp3) is 0.318. The Bertz CT molecular complexity index is 992. The maximum Gasteiger partial charge on any atom is 0.255 e. The van der Waals surface area contributed by atoms with Gasteiger partial charge in [0.05, 0.1) is 6.42 Å². The minimum absolute atomic E-state index is 0.104. The van der Waals surface area contributed by atoms with Crippen molar-refractivity contribution in [1.82, 2.24) is 15.5 Å². The molecule has 2 atom stereocenters. The first-order chi connectivity index (χ1) is 14.4. The number of amides is 3. The molecular weight excluding hydrogens is 406 g/mol. The number of halogens is 1. The zero-order valence-corrected chi connectivity index (χ0v) is 17.0. The summed E-state index contributed by atoms with van der Waals surface area (Å²) in [4.78, 5) is 38.7. The van der Waals surface area contributed by atoms with Crippen molar-refractivity contribution in [2.45, 2.75) is 44.6 Å². The van der Waals surface area contributed by atoms with Crippen LogP contribution in [0.3, 0.4) is 0 Å². The van der Waals surface area contributed by atoms with Gasteiger partial charge < -0.3 is 20.6 Å². The van der Waals surface area contributed by atoms with E-state index in [-0.39, 0.29) is 24.1 Å². The monoisotopic (exact) mass is 427 g/mol. The molecule has 2 heterocycles. The van der Waals surface area contributed by atoms with E-state index in [9.17, 15) is 19.5 Å². The normalized spacial score (nSPS) is 20.7. The van der Waals surface area contributed by atoms with Gasteiger partial charge in [-0.15, -0.1) is 0 Å². The lowest BCUT2D eigenvalue weighted by Gasteiger charge is -2.32. The molecule has 3 amide bonds. The molecule has 2 aliphatic heterocycles. The van der Waals surface area contributed by atoms with Crippen molar-refractivity contribution in [2.75, 3.05) is 0 Å². The van der Waals surface area contributed by atoms with Gasteiger partial charge in [-0.25, -0.2) is 0 Å². The summed E-state index contributed by atoms with van der Waals surface area (Å²) in [5.41, 5.74) is 3.17. The van der Waals surface area contributed by atoms with Crippen molar-refractivity contribution in [1.29, 1.82) is 0 Å². The van der Waals surface area contributed by atoms with Gasteiger partial charge in [0, 0.05) is 23.7 Å². The summed E-state index contributed by atoms with van der Waals surface area (Å²) in [5.74, 6) is -0.614. The number of aliphatic hydroxyl groups excluding tert-OH is 1. The largest absolute Gasteiger partial charge is 0.374 e. The molecule has 0 spiro atoms. The Labute approximate surface area is 179 Å². The molecule has 0 radical (unpaired) electrons. The van der Waals surface area contributed by atoms with Gasteiger partial charge in [-0.2, -0.15) is 0 Å². The van der Waals surface area contributed by atoms with Crippen molar-refractivity contribution in [3.63, 3.8) is 0 Å². The highest BCUT2D eigenvalue weighted by atomic mass is 35.5. The van der Waals surface area contributed by atoms with Gasteiger partial charge in [-0.1, -0.05) is 35.9 Å². The minimum atomic E-state index is -0.850. The SMILES string of the molecule is O=C(Cc1ccc(Cl)cc1)NCc1ccc2c(c1)CN(C1CCC(O)NC1=O)C2=O. The summed E-state index contributed by atoms with van der Waals surface area (Å²) >= 11 is 5.86. The second-order valence-electron chi connectivity index (χ2n) is 7.62. The summed E-state index contributed by atoms with van der Waals surface area (Å²) in [5, 5.41) is 15.6. The molecule has 0 bridgehead atoms. The van der Waals surface area contributed by atoms with E-state index in [1.54, 1.807) is 23.1 Å². The number of nitrogens with zero attached hydrogens (tertiary/aromatic N) is 1. The van der Waals surface area contributed by atoms with Crippen LogP contribution in [-0.2, 0) is 29.1 Å². The fourth-order valence-corrected chi connectivity index (χ4v) is 4.01.